The Kier molecular flexibility index (Phi) is 3.32. The van der Waals surface area contributed by atoms with Gasteiger partial charge in [0.2, 0.25) is 5.82 Å². The fraction of sp³-hybridized carbons (Fsp3) is 0.647. The van der Waals surface area contributed by atoms with Gasteiger partial charge in [-0.3, -0.25) is 4.98 Å². The van der Waals surface area contributed by atoms with Crippen molar-refractivity contribution < 1.29 is 4.98 Å². The molecule has 112 valence electrons. The zero-order valence-corrected chi connectivity index (χ0v) is 12.9. The van der Waals surface area contributed by atoms with Gasteiger partial charge >= 0.3 is 5.65 Å². The summed E-state index contributed by atoms with van der Waals surface area (Å²) < 4.78 is 0. The maximum absolute atomic E-state index is 4.71. The Morgan fingerprint density at radius 2 is 1.90 bits per heavy atom. The third-order valence-corrected chi connectivity index (χ3v) is 5.10. The van der Waals surface area contributed by atoms with Crippen molar-refractivity contribution in [2.24, 2.45) is 0 Å². The number of aromatic nitrogens is 3. The van der Waals surface area contributed by atoms with Crippen molar-refractivity contribution in [1.29, 1.82) is 0 Å². The Labute approximate surface area is 126 Å². The first-order chi connectivity index (χ1) is 10.3. The Morgan fingerprint density at radius 1 is 1.14 bits per heavy atom. The van der Waals surface area contributed by atoms with Crippen LogP contribution in [0.3, 0.4) is 0 Å². The van der Waals surface area contributed by atoms with E-state index in [1.54, 1.807) is 0 Å². The van der Waals surface area contributed by atoms with E-state index in [2.05, 4.69) is 27.9 Å². The van der Waals surface area contributed by atoms with Crippen molar-refractivity contribution in [3.63, 3.8) is 0 Å². The molecule has 2 aromatic rings. The summed E-state index contributed by atoms with van der Waals surface area (Å²) in [6, 6.07) is 2.24. The number of H-pyrrole nitrogens is 2. The molecule has 3 heterocycles. The summed E-state index contributed by atoms with van der Waals surface area (Å²) in [6.07, 6.45) is 9.35. The quantitative estimate of drug-likeness (QED) is 0.920. The van der Waals surface area contributed by atoms with Gasteiger partial charge in [-0.15, -0.1) is 4.98 Å². The number of aryl methyl sites for hydroxylation is 1. The van der Waals surface area contributed by atoms with Gasteiger partial charge in [0, 0.05) is 25.1 Å². The van der Waals surface area contributed by atoms with Crippen LogP contribution in [0.2, 0.25) is 0 Å². The first kappa shape index (κ1) is 13.1. The second-order valence-electron chi connectivity index (χ2n) is 6.70. The number of anilines is 1. The molecule has 0 bridgehead atoms. The Bertz CT molecular complexity index is 634. The second-order valence-corrected chi connectivity index (χ2v) is 6.70. The standard InChI is InChI=1S/C17H24N4/c1-12-11-14(21-9-5-6-10-21)15-17(18-12)20-16(19-15)13-7-3-2-4-8-13/h11,13H,2-10H2,1H3,(H,18,19,20)/p+1. The van der Waals surface area contributed by atoms with Crippen LogP contribution in [-0.2, 0) is 0 Å². The number of nitrogens with zero attached hydrogens (tertiary/aromatic N) is 2. The Morgan fingerprint density at radius 3 is 2.67 bits per heavy atom. The summed E-state index contributed by atoms with van der Waals surface area (Å²) in [6.45, 7) is 4.45. The highest BCUT2D eigenvalue weighted by molar-refractivity contribution is 5.84. The summed E-state index contributed by atoms with van der Waals surface area (Å²) in [5, 5.41) is 0. The minimum absolute atomic E-state index is 0.666. The maximum Gasteiger partial charge on any atom is 0.301 e. The molecule has 2 N–H and O–H groups in total. The minimum Gasteiger partial charge on any atom is -0.368 e. The molecule has 0 atom stereocenters. The van der Waals surface area contributed by atoms with Crippen LogP contribution in [0, 0.1) is 6.92 Å². The molecule has 4 nitrogen and oxygen atoms in total. The van der Waals surface area contributed by atoms with Crippen LogP contribution >= 0.6 is 0 Å². The molecule has 0 radical (unpaired) electrons. The monoisotopic (exact) mass is 285 g/mol. The third kappa shape index (κ3) is 2.41. The molecule has 2 aromatic heterocycles. The predicted octanol–water partition coefficient (Wildman–Crippen LogP) is 3.33. The summed E-state index contributed by atoms with van der Waals surface area (Å²) in [5.41, 5.74) is 4.70. The molecule has 1 aliphatic heterocycles. The van der Waals surface area contributed by atoms with Crippen molar-refractivity contribution in [2.45, 2.75) is 57.8 Å². The largest absolute Gasteiger partial charge is 0.368 e. The van der Waals surface area contributed by atoms with Crippen LogP contribution in [0.1, 0.15) is 62.4 Å². The molecule has 21 heavy (non-hydrogen) atoms. The van der Waals surface area contributed by atoms with E-state index in [9.17, 15) is 0 Å². The van der Waals surface area contributed by atoms with Gasteiger partial charge in [-0.1, -0.05) is 19.3 Å². The molecule has 1 saturated carbocycles. The molecular weight excluding hydrogens is 260 g/mol. The maximum atomic E-state index is 4.71. The van der Waals surface area contributed by atoms with Crippen LogP contribution in [0.4, 0.5) is 5.69 Å². The van der Waals surface area contributed by atoms with Crippen LogP contribution < -0.4 is 9.88 Å². The van der Waals surface area contributed by atoms with Gasteiger partial charge < -0.3 is 4.90 Å². The molecule has 0 unspecified atom stereocenters. The molecular formula is C17H25N4+. The highest BCUT2D eigenvalue weighted by Gasteiger charge is 2.26. The molecule has 2 fully saturated rings. The van der Waals surface area contributed by atoms with E-state index >= 15 is 0 Å². The SMILES string of the molecule is Cc1cc(N2CCCC2)c2[nH]c(C3CCCCC3)[nH+]c2n1. The van der Waals surface area contributed by atoms with Crippen LogP contribution in [0.25, 0.3) is 11.2 Å². The van der Waals surface area contributed by atoms with Gasteiger partial charge in [0.05, 0.1) is 5.69 Å². The van der Waals surface area contributed by atoms with Crippen LogP contribution in [-0.4, -0.2) is 23.1 Å². The lowest BCUT2D eigenvalue weighted by Gasteiger charge is -2.17. The number of fused-ring (bicyclic) bond motifs is 1. The molecule has 1 saturated heterocycles. The number of imidazole rings is 1. The molecule has 4 rings (SSSR count). The van der Waals surface area contributed by atoms with E-state index in [-0.39, 0.29) is 0 Å². The van der Waals surface area contributed by atoms with Crippen molar-refractivity contribution in [2.75, 3.05) is 18.0 Å². The fourth-order valence-corrected chi connectivity index (χ4v) is 3.97. The van der Waals surface area contributed by atoms with Gasteiger partial charge in [-0.05, 0) is 32.6 Å². The molecule has 4 heteroatoms. The normalized spacial score (nSPS) is 20.5. The second kappa shape index (κ2) is 5.32. The number of hydrogen-bond donors (Lipinski definition) is 1. The van der Waals surface area contributed by atoms with E-state index in [0.29, 0.717) is 5.92 Å². The lowest BCUT2D eigenvalue weighted by atomic mass is 9.89. The van der Waals surface area contributed by atoms with E-state index < -0.39 is 0 Å². The van der Waals surface area contributed by atoms with Gasteiger partial charge in [-0.25, -0.2) is 4.98 Å². The topological polar surface area (TPSA) is 46.1 Å². The molecule has 0 amide bonds. The average molecular weight is 285 g/mol. The first-order valence-electron chi connectivity index (χ1n) is 8.49. The van der Waals surface area contributed by atoms with Gasteiger partial charge in [0.25, 0.3) is 0 Å². The van der Waals surface area contributed by atoms with Crippen LogP contribution in [0.5, 0.6) is 0 Å². The number of nitrogens with one attached hydrogen (secondary N) is 2. The zero-order valence-electron chi connectivity index (χ0n) is 12.9. The predicted molar refractivity (Wildman–Crippen MR) is 84.7 cm³/mol. The fourth-order valence-electron chi connectivity index (χ4n) is 3.97. The molecule has 2 aliphatic rings. The summed E-state index contributed by atoms with van der Waals surface area (Å²) in [5.74, 6) is 1.96. The average Bonchev–Trinajstić information content (AvgIpc) is 3.16. The summed E-state index contributed by atoms with van der Waals surface area (Å²) in [4.78, 5) is 14.5. The smallest absolute Gasteiger partial charge is 0.301 e. The minimum atomic E-state index is 0.666. The Hall–Kier alpha value is -1.58. The van der Waals surface area contributed by atoms with E-state index in [4.69, 9.17) is 4.98 Å². The van der Waals surface area contributed by atoms with Gasteiger partial charge in [0.15, 0.2) is 5.52 Å². The number of hydrogen-bond acceptors (Lipinski definition) is 2. The highest BCUT2D eigenvalue weighted by atomic mass is 15.2. The third-order valence-electron chi connectivity index (χ3n) is 5.10. The number of aromatic amines is 2. The van der Waals surface area contributed by atoms with Crippen LogP contribution in [0.15, 0.2) is 6.07 Å². The molecule has 1 aliphatic carbocycles. The zero-order chi connectivity index (χ0) is 14.2. The van der Waals surface area contributed by atoms with Gasteiger partial charge in [-0.2, -0.15) is 0 Å². The lowest BCUT2D eigenvalue weighted by molar-refractivity contribution is -0.364. The molecule has 0 aromatic carbocycles. The molecule has 0 spiro atoms. The van der Waals surface area contributed by atoms with Gasteiger partial charge in [0.1, 0.15) is 5.69 Å². The van der Waals surface area contributed by atoms with E-state index in [1.807, 2.05) is 0 Å². The van der Waals surface area contributed by atoms with E-state index in [0.717, 1.165) is 11.3 Å². The van der Waals surface area contributed by atoms with Crippen molar-refractivity contribution in [1.82, 2.24) is 9.97 Å². The number of pyridine rings is 1. The van der Waals surface area contributed by atoms with Crippen molar-refractivity contribution >= 4 is 16.9 Å². The Balaban J connectivity index is 1.76. The lowest BCUT2D eigenvalue weighted by Crippen LogP contribution is -2.18. The van der Waals surface area contributed by atoms with Crippen molar-refractivity contribution in [3.8, 4) is 0 Å². The van der Waals surface area contributed by atoms with E-state index in [1.165, 1.54) is 75.1 Å². The summed E-state index contributed by atoms with van der Waals surface area (Å²) in [7, 11) is 0. The number of rotatable bonds is 2. The van der Waals surface area contributed by atoms with Crippen molar-refractivity contribution in [3.05, 3.63) is 17.6 Å². The first-order valence-corrected chi connectivity index (χ1v) is 8.49. The summed E-state index contributed by atoms with van der Waals surface area (Å²) >= 11 is 0. The highest BCUT2D eigenvalue weighted by Crippen LogP contribution is 2.32.